The standard InChI is InChI=1S/C34H37F7N2O3/c1-7-30(20-10-24(33(36,37)38)13-25(11-20)34(39,40)41)46-32(44)42(5)16-23-9-21-17-43(8-2)18-22(21)12-27(23)28-14-26(19(3)4)29(35)15-31(28)45-6/h9-15,19,30H,7-8,16-18H2,1-6H3/t30-/m0/s1. The zero-order valence-corrected chi connectivity index (χ0v) is 26.5. The highest BCUT2D eigenvalue weighted by Crippen LogP contribution is 2.41. The van der Waals surface area contributed by atoms with Crippen LogP contribution in [0.1, 0.15) is 85.1 Å². The Kier molecular flexibility index (Phi) is 10.3. The molecule has 3 aromatic carbocycles. The van der Waals surface area contributed by atoms with Crippen molar-refractivity contribution in [3.63, 3.8) is 0 Å². The molecule has 0 aromatic heterocycles. The highest BCUT2D eigenvalue weighted by atomic mass is 19.4. The third-order valence-electron chi connectivity index (χ3n) is 8.21. The van der Waals surface area contributed by atoms with Gasteiger partial charge in [0.05, 0.1) is 18.2 Å². The molecular formula is C34H37F7N2O3. The number of hydrogen-bond donors (Lipinski definition) is 0. The smallest absolute Gasteiger partial charge is 0.416 e. The fourth-order valence-electron chi connectivity index (χ4n) is 5.65. The second kappa shape index (κ2) is 13.5. The van der Waals surface area contributed by atoms with E-state index >= 15 is 0 Å². The minimum atomic E-state index is -5.04. The molecule has 0 saturated carbocycles. The van der Waals surface area contributed by atoms with E-state index in [-0.39, 0.29) is 24.9 Å². The molecule has 46 heavy (non-hydrogen) atoms. The van der Waals surface area contributed by atoms with E-state index in [4.69, 9.17) is 9.47 Å². The van der Waals surface area contributed by atoms with Gasteiger partial charge in [-0.3, -0.25) is 4.90 Å². The third kappa shape index (κ3) is 7.59. The third-order valence-corrected chi connectivity index (χ3v) is 8.21. The number of fused-ring (bicyclic) bond motifs is 1. The van der Waals surface area contributed by atoms with Crippen molar-refractivity contribution in [2.24, 2.45) is 0 Å². The molecule has 1 aliphatic rings. The van der Waals surface area contributed by atoms with Crippen molar-refractivity contribution in [1.82, 2.24) is 9.80 Å². The van der Waals surface area contributed by atoms with E-state index in [1.807, 2.05) is 32.9 Å². The van der Waals surface area contributed by atoms with Gasteiger partial charge in [0.2, 0.25) is 0 Å². The van der Waals surface area contributed by atoms with Crippen molar-refractivity contribution < 1.29 is 45.0 Å². The van der Waals surface area contributed by atoms with E-state index < -0.39 is 47.1 Å². The molecule has 3 aromatic rings. The Morgan fingerprint density at radius 3 is 1.98 bits per heavy atom. The number of hydrogen-bond acceptors (Lipinski definition) is 4. The first-order valence-electron chi connectivity index (χ1n) is 14.9. The lowest BCUT2D eigenvalue weighted by Gasteiger charge is -2.25. The van der Waals surface area contributed by atoms with E-state index in [0.717, 1.165) is 17.7 Å². The predicted octanol–water partition coefficient (Wildman–Crippen LogP) is 9.72. The fourth-order valence-corrected chi connectivity index (χ4v) is 5.65. The lowest BCUT2D eigenvalue weighted by Crippen LogP contribution is -2.29. The van der Waals surface area contributed by atoms with Crippen molar-refractivity contribution >= 4 is 6.09 Å². The monoisotopic (exact) mass is 654 g/mol. The van der Waals surface area contributed by atoms with Crippen molar-refractivity contribution in [1.29, 1.82) is 0 Å². The molecule has 0 aliphatic carbocycles. The van der Waals surface area contributed by atoms with Gasteiger partial charge in [0.15, 0.2) is 0 Å². The molecule has 1 atom stereocenters. The summed E-state index contributed by atoms with van der Waals surface area (Å²) in [5.74, 6) is -0.241. The summed E-state index contributed by atoms with van der Waals surface area (Å²) in [7, 11) is 2.87. The summed E-state index contributed by atoms with van der Waals surface area (Å²) in [6, 6.07) is 8.19. The van der Waals surface area contributed by atoms with Crippen LogP contribution in [-0.2, 0) is 36.7 Å². The molecular weight excluding hydrogens is 617 g/mol. The highest BCUT2D eigenvalue weighted by molar-refractivity contribution is 5.77. The van der Waals surface area contributed by atoms with Gasteiger partial charge in [-0.05, 0) is 82.6 Å². The van der Waals surface area contributed by atoms with Crippen LogP contribution in [0.3, 0.4) is 0 Å². The van der Waals surface area contributed by atoms with Gasteiger partial charge in [0.25, 0.3) is 0 Å². The Balaban J connectivity index is 1.70. The number of alkyl halides is 6. The summed E-state index contributed by atoms with van der Waals surface area (Å²) >= 11 is 0. The molecule has 0 fully saturated rings. The minimum Gasteiger partial charge on any atom is -0.496 e. The van der Waals surface area contributed by atoms with Gasteiger partial charge >= 0.3 is 18.4 Å². The van der Waals surface area contributed by atoms with Crippen LogP contribution in [0.5, 0.6) is 5.75 Å². The number of rotatable bonds is 9. The van der Waals surface area contributed by atoms with Crippen molar-refractivity contribution in [3.8, 4) is 16.9 Å². The maximum atomic E-state index is 14.9. The number of methoxy groups -OCH3 is 1. The van der Waals surface area contributed by atoms with Gasteiger partial charge in [0, 0.05) is 38.3 Å². The van der Waals surface area contributed by atoms with Crippen LogP contribution >= 0.6 is 0 Å². The fraction of sp³-hybridized carbons (Fsp3) is 0.441. The first-order valence-corrected chi connectivity index (χ1v) is 14.9. The zero-order chi connectivity index (χ0) is 34.1. The Labute approximate surface area is 263 Å². The lowest BCUT2D eigenvalue weighted by molar-refractivity contribution is -0.143. The van der Waals surface area contributed by atoms with E-state index in [9.17, 15) is 35.5 Å². The summed E-state index contributed by atoms with van der Waals surface area (Å²) in [6.07, 6.45) is -12.5. The van der Waals surface area contributed by atoms with Crippen LogP contribution in [0.2, 0.25) is 0 Å². The van der Waals surface area contributed by atoms with Crippen LogP contribution in [0.15, 0.2) is 42.5 Å². The Morgan fingerprint density at radius 2 is 1.48 bits per heavy atom. The summed E-state index contributed by atoms with van der Waals surface area (Å²) < 4.78 is 107. The van der Waals surface area contributed by atoms with Gasteiger partial charge in [-0.2, -0.15) is 26.3 Å². The van der Waals surface area contributed by atoms with Gasteiger partial charge in [0.1, 0.15) is 17.7 Å². The normalized spacial score (nSPS) is 14.4. The van der Waals surface area contributed by atoms with Crippen molar-refractivity contribution in [3.05, 3.63) is 87.2 Å². The Bertz CT molecular complexity index is 1550. The molecule has 1 amide bonds. The molecule has 250 valence electrons. The zero-order valence-electron chi connectivity index (χ0n) is 26.5. The molecule has 0 radical (unpaired) electrons. The predicted molar refractivity (Wildman–Crippen MR) is 160 cm³/mol. The largest absolute Gasteiger partial charge is 0.496 e. The quantitative estimate of drug-likeness (QED) is 0.216. The van der Waals surface area contributed by atoms with E-state index in [1.165, 1.54) is 32.0 Å². The minimum absolute atomic E-state index is 0.0159. The summed E-state index contributed by atoms with van der Waals surface area (Å²) in [6.45, 7) is 9.46. The second-order valence-corrected chi connectivity index (χ2v) is 11.8. The van der Waals surface area contributed by atoms with Gasteiger partial charge in [-0.15, -0.1) is 0 Å². The second-order valence-electron chi connectivity index (χ2n) is 11.8. The molecule has 0 spiro atoms. The molecule has 0 N–H and O–H groups in total. The van der Waals surface area contributed by atoms with Crippen molar-refractivity contribution in [2.75, 3.05) is 20.7 Å². The number of benzene rings is 3. The molecule has 0 unspecified atom stereocenters. The van der Waals surface area contributed by atoms with Crippen molar-refractivity contribution in [2.45, 2.75) is 78.1 Å². The van der Waals surface area contributed by atoms with Crippen LogP contribution in [-0.4, -0.2) is 36.6 Å². The molecule has 12 heteroatoms. The number of ether oxygens (including phenoxy) is 2. The topological polar surface area (TPSA) is 42.0 Å². The van der Waals surface area contributed by atoms with E-state index in [2.05, 4.69) is 4.90 Å². The van der Waals surface area contributed by atoms with E-state index in [1.54, 1.807) is 6.07 Å². The molecule has 0 saturated heterocycles. The number of halogens is 7. The van der Waals surface area contributed by atoms with Gasteiger partial charge < -0.3 is 14.4 Å². The maximum absolute atomic E-state index is 14.9. The summed E-state index contributed by atoms with van der Waals surface area (Å²) in [5, 5.41) is 0. The molecule has 1 aliphatic heterocycles. The molecule has 5 nitrogen and oxygen atoms in total. The van der Waals surface area contributed by atoms with Crippen LogP contribution in [0, 0.1) is 5.82 Å². The first kappa shape index (κ1) is 35.1. The molecule has 4 rings (SSSR count). The van der Waals surface area contributed by atoms with Crippen LogP contribution in [0.4, 0.5) is 35.5 Å². The molecule has 1 heterocycles. The number of amides is 1. The van der Waals surface area contributed by atoms with Gasteiger partial charge in [-0.1, -0.05) is 33.8 Å². The Morgan fingerprint density at radius 1 is 0.891 bits per heavy atom. The first-order chi connectivity index (χ1) is 21.5. The average molecular weight is 655 g/mol. The number of carbonyl (C=O) groups excluding carboxylic acids is 1. The van der Waals surface area contributed by atoms with E-state index in [0.29, 0.717) is 53.2 Å². The van der Waals surface area contributed by atoms with Crippen LogP contribution < -0.4 is 4.74 Å². The molecule has 0 bridgehead atoms. The number of nitrogens with zero attached hydrogens (tertiary/aromatic N) is 2. The number of carbonyl (C=O) groups is 1. The lowest BCUT2D eigenvalue weighted by atomic mass is 9.90. The average Bonchev–Trinajstić information content (AvgIpc) is 3.40. The maximum Gasteiger partial charge on any atom is 0.416 e. The summed E-state index contributed by atoms with van der Waals surface area (Å²) in [4.78, 5) is 16.8. The summed E-state index contributed by atoms with van der Waals surface area (Å²) in [5.41, 5.74) is 1.21. The van der Waals surface area contributed by atoms with Crippen LogP contribution in [0.25, 0.3) is 11.1 Å². The van der Waals surface area contributed by atoms with Gasteiger partial charge in [-0.25, -0.2) is 9.18 Å². The highest BCUT2D eigenvalue weighted by Gasteiger charge is 2.38. The SMILES string of the molecule is CC[C@H](OC(=O)N(C)Cc1cc2c(cc1-c1cc(C(C)C)c(F)cc1OC)CN(CC)C2)c1cc(C(F)(F)F)cc(C(F)(F)F)c1. The Hall–Kier alpha value is -3.80.